The topological polar surface area (TPSA) is 63.6 Å². The van der Waals surface area contributed by atoms with Gasteiger partial charge >= 0.3 is 0 Å². The standard InChI is InChI=1S/C20H21ClN4O/c1-20(14-3-2-4-15(21)13-14)10-7-16(8-11-20)25-19(26)6-5-18(24-25)17-9-12-22-23-17/h2-6,9,12-13,16H,7-8,10-11H2,1H3,(H,22,23)/t16-,20-. The van der Waals surface area contributed by atoms with Crippen molar-refractivity contribution in [1.82, 2.24) is 20.0 Å². The smallest absolute Gasteiger partial charge is 0.267 e. The fourth-order valence-corrected chi connectivity index (χ4v) is 4.06. The van der Waals surface area contributed by atoms with E-state index in [1.165, 1.54) is 5.56 Å². The molecule has 1 fully saturated rings. The van der Waals surface area contributed by atoms with E-state index in [9.17, 15) is 4.79 Å². The molecule has 134 valence electrons. The van der Waals surface area contributed by atoms with Crippen molar-refractivity contribution in [1.29, 1.82) is 0 Å². The summed E-state index contributed by atoms with van der Waals surface area (Å²) in [6.45, 7) is 2.28. The molecule has 0 aliphatic heterocycles. The number of aromatic amines is 1. The summed E-state index contributed by atoms with van der Waals surface area (Å²) in [5.74, 6) is 0. The highest BCUT2D eigenvalue weighted by molar-refractivity contribution is 6.30. The number of H-pyrrole nitrogens is 1. The first kappa shape index (κ1) is 17.0. The van der Waals surface area contributed by atoms with Gasteiger partial charge in [0, 0.05) is 17.3 Å². The molecule has 0 amide bonds. The second-order valence-corrected chi connectivity index (χ2v) is 7.71. The number of benzene rings is 1. The van der Waals surface area contributed by atoms with Gasteiger partial charge in [0.05, 0.1) is 11.7 Å². The van der Waals surface area contributed by atoms with Gasteiger partial charge in [0.15, 0.2) is 0 Å². The summed E-state index contributed by atoms with van der Waals surface area (Å²) in [5, 5.41) is 12.2. The van der Waals surface area contributed by atoms with Crippen LogP contribution in [0.3, 0.4) is 0 Å². The zero-order chi connectivity index (χ0) is 18.1. The lowest BCUT2D eigenvalue weighted by atomic mass is 9.69. The van der Waals surface area contributed by atoms with Crippen LogP contribution in [0.25, 0.3) is 11.4 Å². The van der Waals surface area contributed by atoms with Gasteiger partial charge in [-0.15, -0.1) is 0 Å². The molecule has 0 atom stereocenters. The maximum Gasteiger partial charge on any atom is 0.267 e. The lowest BCUT2D eigenvalue weighted by Gasteiger charge is -2.38. The minimum absolute atomic E-state index is 0.0513. The first-order valence-corrected chi connectivity index (χ1v) is 9.29. The van der Waals surface area contributed by atoms with Crippen LogP contribution in [-0.4, -0.2) is 20.0 Å². The summed E-state index contributed by atoms with van der Waals surface area (Å²) < 4.78 is 1.65. The van der Waals surface area contributed by atoms with Gasteiger partial charge in [-0.25, -0.2) is 4.68 Å². The van der Waals surface area contributed by atoms with Crippen LogP contribution in [0, 0.1) is 0 Å². The first-order chi connectivity index (χ1) is 12.5. The molecule has 5 nitrogen and oxygen atoms in total. The van der Waals surface area contributed by atoms with Crippen molar-refractivity contribution in [2.45, 2.75) is 44.1 Å². The van der Waals surface area contributed by atoms with E-state index in [1.807, 2.05) is 18.2 Å². The molecule has 1 aliphatic carbocycles. The van der Waals surface area contributed by atoms with E-state index < -0.39 is 0 Å². The summed E-state index contributed by atoms with van der Waals surface area (Å²) in [7, 11) is 0. The van der Waals surface area contributed by atoms with E-state index >= 15 is 0 Å². The first-order valence-electron chi connectivity index (χ1n) is 8.91. The molecule has 4 rings (SSSR count). The van der Waals surface area contributed by atoms with Crippen molar-refractivity contribution in [3.8, 4) is 11.4 Å². The van der Waals surface area contributed by atoms with Crippen LogP contribution in [0.4, 0.5) is 0 Å². The van der Waals surface area contributed by atoms with Crippen LogP contribution in [0.5, 0.6) is 0 Å². The van der Waals surface area contributed by atoms with E-state index in [2.05, 4.69) is 34.4 Å². The molecule has 0 saturated heterocycles. The lowest BCUT2D eigenvalue weighted by molar-refractivity contribution is 0.232. The molecule has 6 heteroatoms. The minimum atomic E-state index is -0.0513. The van der Waals surface area contributed by atoms with Gasteiger partial charge in [-0.1, -0.05) is 30.7 Å². The van der Waals surface area contributed by atoms with Crippen molar-refractivity contribution >= 4 is 11.6 Å². The third kappa shape index (κ3) is 3.19. The summed E-state index contributed by atoms with van der Waals surface area (Å²) in [4.78, 5) is 12.4. The molecule has 1 aromatic carbocycles. The molecule has 0 radical (unpaired) electrons. The number of halogens is 1. The van der Waals surface area contributed by atoms with Gasteiger partial charge in [0.1, 0.15) is 5.69 Å². The number of nitrogens with one attached hydrogen (secondary N) is 1. The number of hydrogen-bond donors (Lipinski definition) is 1. The Kier molecular flexibility index (Phi) is 4.41. The Morgan fingerprint density at radius 3 is 2.69 bits per heavy atom. The zero-order valence-electron chi connectivity index (χ0n) is 14.7. The molecule has 3 aromatic rings. The molecule has 1 aliphatic rings. The molecule has 0 bridgehead atoms. The summed E-state index contributed by atoms with van der Waals surface area (Å²) in [6.07, 6.45) is 5.52. The van der Waals surface area contributed by atoms with Gasteiger partial charge in [-0.3, -0.25) is 9.89 Å². The Hall–Kier alpha value is -2.40. The Bertz CT molecular complexity index is 956. The van der Waals surface area contributed by atoms with E-state index in [0.29, 0.717) is 0 Å². The lowest BCUT2D eigenvalue weighted by Crippen LogP contribution is -2.34. The number of aromatic nitrogens is 4. The highest BCUT2D eigenvalue weighted by Crippen LogP contribution is 2.42. The van der Waals surface area contributed by atoms with Crippen molar-refractivity contribution in [2.24, 2.45) is 0 Å². The predicted molar refractivity (Wildman–Crippen MR) is 102 cm³/mol. The third-order valence-corrected chi connectivity index (χ3v) is 5.76. The molecular weight excluding hydrogens is 348 g/mol. The zero-order valence-corrected chi connectivity index (χ0v) is 15.4. The second-order valence-electron chi connectivity index (χ2n) is 7.27. The SMILES string of the molecule is C[C@]1(c2cccc(Cl)c2)CC[C@H](n2nc(-c3ccn[nH]3)ccc2=O)CC1. The van der Waals surface area contributed by atoms with Crippen LogP contribution in [0.1, 0.15) is 44.2 Å². The monoisotopic (exact) mass is 368 g/mol. The van der Waals surface area contributed by atoms with E-state index in [-0.39, 0.29) is 17.0 Å². The molecule has 1 N–H and O–H groups in total. The van der Waals surface area contributed by atoms with E-state index in [0.717, 1.165) is 42.1 Å². The largest absolute Gasteiger partial charge is 0.276 e. The number of hydrogen-bond acceptors (Lipinski definition) is 3. The molecule has 1 saturated carbocycles. The summed E-state index contributed by atoms with van der Waals surface area (Å²) in [5.41, 5.74) is 2.87. The molecule has 2 aromatic heterocycles. The van der Waals surface area contributed by atoms with E-state index in [1.54, 1.807) is 23.0 Å². The third-order valence-electron chi connectivity index (χ3n) is 5.53. The summed E-state index contributed by atoms with van der Waals surface area (Å²) >= 11 is 6.17. The second kappa shape index (κ2) is 6.72. The Balaban J connectivity index is 1.57. The Morgan fingerprint density at radius 1 is 1.19 bits per heavy atom. The molecule has 2 heterocycles. The highest BCUT2D eigenvalue weighted by atomic mass is 35.5. The van der Waals surface area contributed by atoms with Crippen LogP contribution in [-0.2, 0) is 5.41 Å². The van der Waals surface area contributed by atoms with Crippen molar-refractivity contribution in [3.63, 3.8) is 0 Å². The van der Waals surface area contributed by atoms with Gasteiger partial charge in [-0.2, -0.15) is 10.2 Å². The fourth-order valence-electron chi connectivity index (χ4n) is 3.87. The van der Waals surface area contributed by atoms with Crippen LogP contribution < -0.4 is 5.56 Å². The average molecular weight is 369 g/mol. The van der Waals surface area contributed by atoms with E-state index in [4.69, 9.17) is 11.6 Å². The van der Waals surface area contributed by atoms with Crippen LogP contribution >= 0.6 is 11.6 Å². The predicted octanol–water partition coefficient (Wildman–Crippen LogP) is 4.36. The summed E-state index contributed by atoms with van der Waals surface area (Å²) in [6, 6.07) is 13.4. The van der Waals surface area contributed by atoms with Crippen molar-refractivity contribution < 1.29 is 0 Å². The Labute approximate surface area is 157 Å². The number of nitrogens with zero attached hydrogens (tertiary/aromatic N) is 3. The molecule has 0 spiro atoms. The normalized spacial score (nSPS) is 23.1. The Morgan fingerprint density at radius 2 is 2.00 bits per heavy atom. The highest BCUT2D eigenvalue weighted by Gasteiger charge is 2.34. The van der Waals surface area contributed by atoms with Crippen LogP contribution in [0.2, 0.25) is 5.02 Å². The average Bonchev–Trinajstić information content (AvgIpc) is 3.18. The molecule has 26 heavy (non-hydrogen) atoms. The van der Waals surface area contributed by atoms with Gasteiger partial charge < -0.3 is 0 Å². The minimum Gasteiger partial charge on any atom is -0.276 e. The maximum atomic E-state index is 12.4. The molecular formula is C20H21ClN4O. The van der Waals surface area contributed by atoms with Gasteiger partial charge in [0.25, 0.3) is 5.56 Å². The fraction of sp³-hybridized carbons (Fsp3) is 0.350. The quantitative estimate of drug-likeness (QED) is 0.747. The maximum absolute atomic E-state index is 12.4. The van der Waals surface area contributed by atoms with Gasteiger partial charge in [0.2, 0.25) is 0 Å². The van der Waals surface area contributed by atoms with Crippen molar-refractivity contribution in [3.05, 3.63) is 69.6 Å². The number of rotatable bonds is 3. The molecule has 0 unspecified atom stereocenters. The van der Waals surface area contributed by atoms with Crippen LogP contribution in [0.15, 0.2) is 53.5 Å². The van der Waals surface area contributed by atoms with Crippen molar-refractivity contribution in [2.75, 3.05) is 0 Å². The van der Waals surface area contributed by atoms with Gasteiger partial charge in [-0.05, 0) is 60.9 Å².